The van der Waals surface area contributed by atoms with E-state index in [2.05, 4.69) is 20.5 Å². The van der Waals surface area contributed by atoms with Crippen LogP contribution in [0.5, 0.6) is 0 Å². The molecule has 0 atom stereocenters. The molecular formula is C22H22F2N6O. The highest BCUT2D eigenvalue weighted by atomic mass is 19.3. The Balaban J connectivity index is 1.65. The molecule has 0 saturated carbocycles. The minimum Gasteiger partial charge on any atom is -0.319 e. The minimum absolute atomic E-state index is 0.0930. The Labute approximate surface area is 177 Å². The number of benzene rings is 1. The van der Waals surface area contributed by atoms with Crippen LogP contribution >= 0.6 is 0 Å². The van der Waals surface area contributed by atoms with Crippen molar-refractivity contribution in [1.82, 2.24) is 24.4 Å². The Kier molecular flexibility index (Phi) is 5.26. The third-order valence-electron chi connectivity index (χ3n) is 5.30. The van der Waals surface area contributed by atoms with Gasteiger partial charge in [0.15, 0.2) is 5.65 Å². The number of aromatic nitrogens is 5. The van der Waals surface area contributed by atoms with Crippen molar-refractivity contribution in [2.24, 2.45) is 0 Å². The van der Waals surface area contributed by atoms with Gasteiger partial charge in [-0.05, 0) is 44.9 Å². The van der Waals surface area contributed by atoms with E-state index in [9.17, 15) is 13.6 Å². The lowest BCUT2D eigenvalue weighted by atomic mass is 10.1. The van der Waals surface area contributed by atoms with E-state index >= 15 is 0 Å². The predicted octanol–water partition coefficient (Wildman–Crippen LogP) is 4.40. The summed E-state index contributed by atoms with van der Waals surface area (Å²) in [6, 6.07) is 9.30. The molecule has 4 rings (SSSR count). The standard InChI is InChI=1S/C22H22F2N6O/c1-12-7-5-6-8-16(12)11-29-15(4)19(14(3)28-29)27-22(31)17-10-25-30-18(20(23)24)9-13(2)26-21(17)30/h5-10,20H,11H2,1-4H3,(H,27,31). The highest BCUT2D eigenvalue weighted by molar-refractivity contribution is 6.08. The topological polar surface area (TPSA) is 77.1 Å². The first-order valence-electron chi connectivity index (χ1n) is 9.79. The van der Waals surface area contributed by atoms with Gasteiger partial charge in [0, 0.05) is 5.69 Å². The van der Waals surface area contributed by atoms with Gasteiger partial charge in [-0.1, -0.05) is 24.3 Å². The van der Waals surface area contributed by atoms with E-state index in [-0.39, 0.29) is 16.9 Å². The van der Waals surface area contributed by atoms with Crippen LogP contribution in [0.2, 0.25) is 0 Å². The van der Waals surface area contributed by atoms with Crippen molar-refractivity contribution in [1.29, 1.82) is 0 Å². The van der Waals surface area contributed by atoms with Crippen LogP contribution < -0.4 is 5.32 Å². The number of halogens is 2. The number of hydrogen-bond donors (Lipinski definition) is 1. The lowest BCUT2D eigenvalue weighted by Gasteiger charge is -2.09. The molecule has 31 heavy (non-hydrogen) atoms. The minimum atomic E-state index is -2.73. The van der Waals surface area contributed by atoms with Crippen LogP contribution in [0.1, 0.15) is 50.7 Å². The van der Waals surface area contributed by atoms with Crippen molar-refractivity contribution in [2.75, 3.05) is 5.32 Å². The van der Waals surface area contributed by atoms with Crippen LogP contribution in [0.4, 0.5) is 14.5 Å². The van der Waals surface area contributed by atoms with Crippen molar-refractivity contribution in [3.63, 3.8) is 0 Å². The fraction of sp³-hybridized carbons (Fsp3) is 0.273. The summed E-state index contributed by atoms with van der Waals surface area (Å²) in [6.07, 6.45) is -1.48. The molecule has 0 aliphatic carbocycles. The van der Waals surface area contributed by atoms with Gasteiger partial charge in [0.05, 0.1) is 29.8 Å². The van der Waals surface area contributed by atoms with Gasteiger partial charge in [0.25, 0.3) is 12.3 Å². The van der Waals surface area contributed by atoms with Gasteiger partial charge < -0.3 is 5.32 Å². The van der Waals surface area contributed by atoms with E-state index in [1.165, 1.54) is 12.3 Å². The summed E-state index contributed by atoms with van der Waals surface area (Å²) >= 11 is 0. The number of carbonyl (C=O) groups is 1. The molecule has 0 bridgehead atoms. The lowest BCUT2D eigenvalue weighted by molar-refractivity contribution is 0.102. The van der Waals surface area contributed by atoms with Crippen LogP contribution in [-0.4, -0.2) is 30.3 Å². The molecule has 0 aliphatic heterocycles. The highest BCUT2D eigenvalue weighted by Crippen LogP contribution is 2.25. The van der Waals surface area contributed by atoms with Crippen molar-refractivity contribution in [3.05, 3.63) is 76.0 Å². The SMILES string of the molecule is Cc1cc(C(F)F)n2ncc(C(=O)Nc3c(C)nn(Cc4ccccc4C)c3C)c2n1. The molecule has 0 unspecified atom stereocenters. The number of aryl methyl sites for hydroxylation is 3. The van der Waals surface area contributed by atoms with E-state index in [4.69, 9.17) is 0 Å². The molecule has 4 aromatic rings. The molecule has 0 radical (unpaired) electrons. The Hall–Kier alpha value is -3.62. The lowest BCUT2D eigenvalue weighted by Crippen LogP contribution is -2.14. The molecule has 7 nitrogen and oxygen atoms in total. The maximum atomic E-state index is 13.3. The van der Waals surface area contributed by atoms with Crippen LogP contribution in [0, 0.1) is 27.7 Å². The molecule has 0 spiro atoms. The number of rotatable bonds is 5. The first-order chi connectivity index (χ1) is 14.8. The first-order valence-corrected chi connectivity index (χ1v) is 9.79. The van der Waals surface area contributed by atoms with Crippen molar-refractivity contribution in [2.45, 2.75) is 40.7 Å². The number of anilines is 1. The summed E-state index contributed by atoms with van der Waals surface area (Å²) in [6.45, 7) is 7.90. The summed E-state index contributed by atoms with van der Waals surface area (Å²) in [5.41, 5.74) is 4.62. The van der Waals surface area contributed by atoms with Crippen LogP contribution in [0.3, 0.4) is 0 Å². The molecule has 3 aromatic heterocycles. The van der Waals surface area contributed by atoms with Gasteiger partial charge in [-0.25, -0.2) is 18.3 Å². The maximum Gasteiger partial charge on any atom is 0.280 e. The monoisotopic (exact) mass is 424 g/mol. The molecule has 0 aliphatic rings. The van der Waals surface area contributed by atoms with Gasteiger partial charge in [0.2, 0.25) is 0 Å². The number of fused-ring (bicyclic) bond motifs is 1. The zero-order valence-corrected chi connectivity index (χ0v) is 17.6. The molecule has 0 fully saturated rings. The predicted molar refractivity (Wildman–Crippen MR) is 113 cm³/mol. The second-order valence-electron chi connectivity index (χ2n) is 7.50. The molecule has 1 amide bonds. The second kappa shape index (κ2) is 7.90. The van der Waals surface area contributed by atoms with E-state index in [0.29, 0.717) is 23.6 Å². The van der Waals surface area contributed by atoms with E-state index in [1.54, 1.807) is 6.92 Å². The van der Waals surface area contributed by atoms with Crippen LogP contribution in [-0.2, 0) is 6.54 Å². The van der Waals surface area contributed by atoms with Crippen molar-refractivity contribution < 1.29 is 13.6 Å². The third kappa shape index (κ3) is 3.78. The van der Waals surface area contributed by atoms with Gasteiger partial charge in [-0.3, -0.25) is 9.48 Å². The van der Waals surface area contributed by atoms with E-state index < -0.39 is 12.3 Å². The smallest absolute Gasteiger partial charge is 0.280 e. The van der Waals surface area contributed by atoms with Gasteiger partial charge in [-0.2, -0.15) is 10.2 Å². The molecule has 3 heterocycles. The second-order valence-corrected chi connectivity index (χ2v) is 7.50. The zero-order valence-electron chi connectivity index (χ0n) is 17.6. The van der Waals surface area contributed by atoms with Crippen LogP contribution in [0.15, 0.2) is 36.5 Å². The fourth-order valence-electron chi connectivity index (χ4n) is 3.59. The Bertz CT molecular complexity index is 1290. The van der Waals surface area contributed by atoms with Crippen LogP contribution in [0.25, 0.3) is 5.65 Å². The van der Waals surface area contributed by atoms with Crippen molar-refractivity contribution in [3.8, 4) is 0 Å². The Morgan fingerprint density at radius 3 is 2.61 bits per heavy atom. The summed E-state index contributed by atoms with van der Waals surface area (Å²) in [5.74, 6) is -0.477. The van der Waals surface area contributed by atoms with Gasteiger partial charge >= 0.3 is 0 Å². The number of nitrogens with zero attached hydrogens (tertiary/aromatic N) is 5. The summed E-state index contributed by atoms with van der Waals surface area (Å²) < 4.78 is 29.5. The van der Waals surface area contributed by atoms with E-state index in [1.807, 2.05) is 49.7 Å². The quantitative estimate of drug-likeness (QED) is 0.515. The average Bonchev–Trinajstić information content (AvgIpc) is 3.25. The van der Waals surface area contributed by atoms with Crippen molar-refractivity contribution >= 4 is 17.2 Å². The third-order valence-corrected chi connectivity index (χ3v) is 5.30. The average molecular weight is 424 g/mol. The fourth-order valence-corrected chi connectivity index (χ4v) is 3.59. The molecular weight excluding hydrogens is 402 g/mol. The summed E-state index contributed by atoms with van der Waals surface area (Å²) in [4.78, 5) is 17.2. The molecule has 0 saturated heterocycles. The normalized spacial score (nSPS) is 11.5. The Morgan fingerprint density at radius 2 is 1.90 bits per heavy atom. The number of hydrogen-bond acceptors (Lipinski definition) is 4. The largest absolute Gasteiger partial charge is 0.319 e. The molecule has 160 valence electrons. The number of alkyl halides is 2. The number of carbonyl (C=O) groups excluding carboxylic acids is 1. The molecule has 9 heteroatoms. The Morgan fingerprint density at radius 1 is 1.16 bits per heavy atom. The number of amides is 1. The van der Waals surface area contributed by atoms with E-state index in [0.717, 1.165) is 21.3 Å². The molecule has 1 N–H and O–H groups in total. The summed E-state index contributed by atoms with van der Waals surface area (Å²) in [5, 5.41) is 11.4. The van der Waals surface area contributed by atoms with Gasteiger partial charge in [0.1, 0.15) is 11.3 Å². The first kappa shape index (κ1) is 20.6. The molecule has 1 aromatic carbocycles. The number of nitrogens with one attached hydrogen (secondary N) is 1. The zero-order chi connectivity index (χ0) is 22.3. The highest BCUT2D eigenvalue weighted by Gasteiger charge is 2.22. The van der Waals surface area contributed by atoms with Gasteiger partial charge in [-0.15, -0.1) is 0 Å². The summed E-state index contributed by atoms with van der Waals surface area (Å²) in [7, 11) is 0. The maximum absolute atomic E-state index is 13.3.